The summed E-state index contributed by atoms with van der Waals surface area (Å²) in [5.74, 6) is 0.885. The lowest BCUT2D eigenvalue weighted by atomic mass is 10.0. The molecule has 4 aromatic rings. The second kappa shape index (κ2) is 10.8. The molecule has 3 nitrogen and oxygen atoms in total. The molecule has 3 heterocycles. The Morgan fingerprint density at radius 2 is 1.90 bits per heavy atom. The van der Waals surface area contributed by atoms with Gasteiger partial charge in [-0.2, -0.15) is 0 Å². The third kappa shape index (κ3) is 5.20. The van der Waals surface area contributed by atoms with E-state index in [2.05, 4.69) is 61.7 Å². The Kier molecular flexibility index (Phi) is 8.12. The van der Waals surface area contributed by atoms with Crippen molar-refractivity contribution in [2.45, 2.75) is 33.1 Å². The Bertz CT molecular complexity index is 1020. The highest BCUT2D eigenvalue weighted by molar-refractivity contribution is 7.93. The molecule has 0 amide bonds. The monoisotopic (exact) mass is 442 g/mol. The number of benzene rings is 1. The van der Waals surface area contributed by atoms with Gasteiger partial charge in [0.05, 0.1) is 16.3 Å². The molecule has 0 bridgehead atoms. The number of fused-ring (bicyclic) bond motifs is 1. The van der Waals surface area contributed by atoms with Crippen LogP contribution in [0.15, 0.2) is 53.9 Å². The van der Waals surface area contributed by atoms with Crippen LogP contribution >= 0.6 is 34.7 Å². The second-order valence-corrected chi connectivity index (χ2v) is 9.26. The van der Waals surface area contributed by atoms with Crippen LogP contribution in [0.5, 0.6) is 0 Å². The predicted octanol–water partition coefficient (Wildman–Crippen LogP) is 7.83. The van der Waals surface area contributed by atoms with Crippen molar-refractivity contribution < 1.29 is 4.55 Å². The summed E-state index contributed by atoms with van der Waals surface area (Å²) in [6.45, 7) is 4.25. The number of thiophene rings is 2. The Labute approximate surface area is 184 Å². The Hall–Kier alpha value is -1.86. The second-order valence-electron chi connectivity index (χ2n) is 6.56. The topological polar surface area (TPSA) is 59.1 Å². The Morgan fingerprint density at radius 3 is 2.48 bits per heavy atom. The van der Waals surface area contributed by atoms with Gasteiger partial charge in [0.25, 0.3) is 0 Å². The van der Waals surface area contributed by atoms with Gasteiger partial charge in [-0.05, 0) is 53.5 Å². The first-order valence-corrected chi connectivity index (χ1v) is 12.4. The SMILES string of the molecule is CCCCSO.CCc1sc2nc(-c3cccs3)cc(-c3ccccc3)c2c1N. The zero-order chi connectivity index (χ0) is 20.6. The van der Waals surface area contributed by atoms with E-state index in [0.29, 0.717) is 0 Å². The summed E-state index contributed by atoms with van der Waals surface area (Å²) in [7, 11) is 0. The number of unbranched alkanes of at least 4 members (excludes halogenated alkanes) is 1. The third-order valence-corrected chi connectivity index (χ3v) is 7.15. The van der Waals surface area contributed by atoms with Crippen molar-refractivity contribution in [1.29, 1.82) is 0 Å². The van der Waals surface area contributed by atoms with E-state index in [1.165, 1.54) is 27.3 Å². The molecule has 0 fully saturated rings. The number of hydrogen-bond donors (Lipinski definition) is 2. The summed E-state index contributed by atoms with van der Waals surface area (Å²) in [5.41, 5.74) is 10.7. The first-order valence-electron chi connectivity index (χ1n) is 9.77. The molecule has 0 radical (unpaired) electrons. The van der Waals surface area contributed by atoms with E-state index >= 15 is 0 Å². The highest BCUT2D eigenvalue weighted by Crippen LogP contribution is 2.41. The Balaban J connectivity index is 0.000000353. The number of pyridine rings is 1. The molecule has 6 heteroatoms. The average Bonchev–Trinajstić information content (AvgIpc) is 3.41. The molecule has 0 saturated carbocycles. The molecule has 3 aromatic heterocycles. The van der Waals surface area contributed by atoms with Crippen LogP contribution in [0.25, 0.3) is 31.9 Å². The minimum Gasteiger partial charge on any atom is -0.397 e. The maximum Gasteiger partial charge on any atom is 0.127 e. The highest BCUT2D eigenvalue weighted by atomic mass is 32.2. The number of aryl methyl sites for hydroxylation is 1. The zero-order valence-electron chi connectivity index (χ0n) is 16.7. The molecule has 0 aliphatic carbocycles. The van der Waals surface area contributed by atoms with Crippen molar-refractivity contribution in [2.24, 2.45) is 0 Å². The van der Waals surface area contributed by atoms with Gasteiger partial charge in [0.1, 0.15) is 4.83 Å². The standard InChI is InChI=1S/C19H16N2S2.C4H10OS/c1-2-15-18(20)17-13(12-7-4-3-5-8-12)11-14(21-19(17)23-15)16-9-6-10-22-16;1-2-3-4-6-5/h3-11H,2,20H2,1H3;5H,2-4H2,1H3. The zero-order valence-corrected chi connectivity index (χ0v) is 19.2. The van der Waals surface area contributed by atoms with Crippen LogP contribution in [0, 0.1) is 0 Å². The van der Waals surface area contributed by atoms with Gasteiger partial charge in [-0.3, -0.25) is 0 Å². The number of aromatic nitrogens is 1. The maximum absolute atomic E-state index is 8.11. The number of hydrogen-bond acceptors (Lipinski definition) is 6. The summed E-state index contributed by atoms with van der Waals surface area (Å²) in [6, 6.07) is 16.8. The van der Waals surface area contributed by atoms with E-state index in [1.54, 1.807) is 22.7 Å². The lowest BCUT2D eigenvalue weighted by Crippen LogP contribution is -1.91. The number of rotatable bonds is 6. The normalized spacial score (nSPS) is 10.7. The quantitative estimate of drug-likeness (QED) is 0.236. The van der Waals surface area contributed by atoms with Gasteiger partial charge in [0.15, 0.2) is 0 Å². The highest BCUT2D eigenvalue weighted by Gasteiger charge is 2.17. The van der Waals surface area contributed by atoms with Crippen LogP contribution in [0.4, 0.5) is 5.69 Å². The molecular formula is C23H26N2OS3. The van der Waals surface area contributed by atoms with Gasteiger partial charge >= 0.3 is 0 Å². The van der Waals surface area contributed by atoms with E-state index < -0.39 is 0 Å². The molecule has 0 aliphatic rings. The number of nitrogens with two attached hydrogens (primary N) is 1. The van der Waals surface area contributed by atoms with Gasteiger partial charge in [-0.1, -0.05) is 56.7 Å². The van der Waals surface area contributed by atoms with Gasteiger partial charge in [-0.15, -0.1) is 22.7 Å². The van der Waals surface area contributed by atoms with Crippen LogP contribution in [0.1, 0.15) is 31.6 Å². The molecule has 0 atom stereocenters. The lowest BCUT2D eigenvalue weighted by Gasteiger charge is -2.07. The summed E-state index contributed by atoms with van der Waals surface area (Å²) < 4.78 is 8.11. The largest absolute Gasteiger partial charge is 0.397 e. The summed E-state index contributed by atoms with van der Waals surface area (Å²) >= 11 is 4.35. The van der Waals surface area contributed by atoms with E-state index in [1.807, 2.05) is 6.07 Å². The first-order chi connectivity index (χ1) is 14.2. The average molecular weight is 443 g/mol. The summed E-state index contributed by atoms with van der Waals surface area (Å²) in [5, 5.41) is 3.18. The fraction of sp³-hybridized carbons (Fsp3) is 0.261. The fourth-order valence-electron chi connectivity index (χ4n) is 3.03. The Morgan fingerprint density at radius 1 is 1.10 bits per heavy atom. The molecule has 152 valence electrons. The van der Waals surface area contributed by atoms with Crippen molar-refractivity contribution in [2.75, 3.05) is 11.5 Å². The third-order valence-electron chi connectivity index (χ3n) is 4.54. The van der Waals surface area contributed by atoms with Crippen molar-refractivity contribution in [3.63, 3.8) is 0 Å². The predicted molar refractivity (Wildman–Crippen MR) is 132 cm³/mol. The minimum atomic E-state index is 0.885. The van der Waals surface area contributed by atoms with Crippen LogP contribution in [-0.2, 0) is 6.42 Å². The molecule has 1 aromatic carbocycles. The van der Waals surface area contributed by atoms with Crippen LogP contribution < -0.4 is 5.73 Å². The molecule has 29 heavy (non-hydrogen) atoms. The van der Waals surface area contributed by atoms with Crippen LogP contribution in [0.3, 0.4) is 0 Å². The van der Waals surface area contributed by atoms with Gasteiger partial charge < -0.3 is 10.3 Å². The van der Waals surface area contributed by atoms with Crippen LogP contribution in [-0.4, -0.2) is 15.3 Å². The molecule has 0 saturated heterocycles. The van der Waals surface area contributed by atoms with E-state index in [0.717, 1.165) is 52.2 Å². The van der Waals surface area contributed by atoms with Crippen molar-refractivity contribution >= 4 is 50.6 Å². The molecule has 0 unspecified atom stereocenters. The number of nitrogens with zero attached hydrogens (tertiary/aromatic N) is 1. The minimum absolute atomic E-state index is 0.885. The number of anilines is 1. The fourth-order valence-corrected chi connectivity index (χ4v) is 5.19. The van der Waals surface area contributed by atoms with Crippen molar-refractivity contribution in [3.8, 4) is 21.7 Å². The molecule has 0 spiro atoms. The maximum atomic E-state index is 8.11. The van der Waals surface area contributed by atoms with Crippen LogP contribution in [0.2, 0.25) is 0 Å². The molecule has 0 aliphatic heterocycles. The van der Waals surface area contributed by atoms with E-state index in [4.69, 9.17) is 15.3 Å². The van der Waals surface area contributed by atoms with Crippen molar-refractivity contribution in [3.05, 3.63) is 58.8 Å². The van der Waals surface area contributed by atoms with Gasteiger partial charge in [0.2, 0.25) is 0 Å². The van der Waals surface area contributed by atoms with Gasteiger partial charge in [0, 0.05) is 16.0 Å². The van der Waals surface area contributed by atoms with Gasteiger partial charge in [-0.25, -0.2) is 4.98 Å². The van der Waals surface area contributed by atoms with Crippen molar-refractivity contribution in [1.82, 2.24) is 4.98 Å². The lowest BCUT2D eigenvalue weighted by molar-refractivity contribution is 0.659. The molecular weight excluding hydrogens is 416 g/mol. The summed E-state index contributed by atoms with van der Waals surface area (Å²) in [4.78, 5) is 8.32. The smallest absolute Gasteiger partial charge is 0.127 e. The number of nitrogen functional groups attached to an aromatic ring is 1. The molecule has 4 rings (SSSR count). The van der Waals surface area contributed by atoms with E-state index in [-0.39, 0.29) is 0 Å². The molecule has 3 N–H and O–H groups in total. The first kappa shape index (κ1) is 21.8. The van der Waals surface area contributed by atoms with E-state index in [9.17, 15) is 0 Å². The summed E-state index contributed by atoms with van der Waals surface area (Å²) in [6.07, 6.45) is 3.24.